The Morgan fingerprint density at radius 2 is 2.38 bits per heavy atom. The van der Waals surface area contributed by atoms with Gasteiger partial charge in [0.05, 0.1) is 0 Å². The zero-order valence-electron chi connectivity index (χ0n) is 6.99. The molecule has 0 amide bonds. The van der Waals surface area contributed by atoms with Crippen LogP contribution >= 0.6 is 28.7 Å². The lowest BCUT2D eigenvalue weighted by Crippen LogP contribution is -2.20. The lowest BCUT2D eigenvalue weighted by molar-refractivity contribution is 0.584. The van der Waals surface area contributed by atoms with E-state index < -0.39 is 0 Å². The molecule has 0 fully saturated rings. The van der Waals surface area contributed by atoms with Gasteiger partial charge in [0.15, 0.2) is 10.6 Å². The number of hydrogen-bond acceptors (Lipinski definition) is 4. The summed E-state index contributed by atoms with van der Waals surface area (Å²) in [6, 6.07) is 1.59. The van der Waals surface area contributed by atoms with E-state index in [1.165, 1.54) is 0 Å². The van der Waals surface area contributed by atoms with Crippen LogP contribution in [0.25, 0.3) is 0 Å². The van der Waals surface area contributed by atoms with Crippen LogP contribution in [0.2, 0.25) is 0 Å². The summed E-state index contributed by atoms with van der Waals surface area (Å²) in [5, 5.41) is 8.24. The molecule has 0 aliphatic carbocycles. The number of halogens is 1. The van der Waals surface area contributed by atoms with E-state index in [1.807, 2.05) is 4.57 Å². The fourth-order valence-corrected chi connectivity index (χ4v) is 2.22. The zero-order valence-corrected chi connectivity index (χ0v) is 9.52. The summed E-state index contributed by atoms with van der Waals surface area (Å²) in [5.74, 6) is 1.73. The summed E-state index contributed by atoms with van der Waals surface area (Å²) in [4.78, 5) is 4.09. The number of nitrogens with zero attached hydrogens (tertiary/aromatic N) is 2. The topological polar surface area (TPSA) is 67.7 Å². The first-order chi connectivity index (χ1) is 5.77. The zero-order chi connectivity index (χ0) is 8.55. The van der Waals surface area contributed by atoms with Crippen molar-refractivity contribution in [2.24, 2.45) is 0 Å². The number of nitrogens with two attached hydrogens (primary N) is 1. The molecular weight excluding hydrogens is 252 g/mol. The number of nitrogens with one attached hydrogen (secondary N) is 1. The van der Waals surface area contributed by atoms with Crippen molar-refractivity contribution in [3.05, 3.63) is 11.6 Å². The van der Waals surface area contributed by atoms with E-state index in [9.17, 15) is 0 Å². The van der Waals surface area contributed by atoms with Crippen molar-refractivity contribution in [1.82, 2.24) is 9.55 Å². The molecule has 13 heavy (non-hydrogen) atoms. The van der Waals surface area contributed by atoms with Crippen LogP contribution in [-0.2, 0) is 6.54 Å². The molecule has 2 rings (SSSR count). The molecular formula is C7H11BrN4S. The molecule has 4 nitrogen and oxygen atoms in total. The number of hydrogen-bond donors (Lipinski definition) is 2. The van der Waals surface area contributed by atoms with Crippen molar-refractivity contribution in [2.45, 2.75) is 18.1 Å². The smallest absolute Gasteiger partial charge is 0.171 e. The van der Waals surface area contributed by atoms with Crippen LogP contribution in [0.4, 0.5) is 5.82 Å². The van der Waals surface area contributed by atoms with Gasteiger partial charge in [0.25, 0.3) is 0 Å². The summed E-state index contributed by atoms with van der Waals surface area (Å²) in [6.45, 7) is 0.932. The largest absolute Gasteiger partial charge is 0.385 e. The van der Waals surface area contributed by atoms with Crippen LogP contribution in [0.1, 0.15) is 6.42 Å². The van der Waals surface area contributed by atoms with Gasteiger partial charge in [-0.2, -0.15) is 0 Å². The molecule has 1 aromatic rings. The first-order valence-corrected chi connectivity index (χ1v) is 4.81. The van der Waals surface area contributed by atoms with Crippen LogP contribution < -0.4 is 11.2 Å². The van der Waals surface area contributed by atoms with Gasteiger partial charge in [-0.15, -0.1) is 17.0 Å². The third-order valence-corrected chi connectivity index (χ3v) is 2.86. The second-order valence-corrected chi connectivity index (χ2v) is 3.76. The Kier molecular flexibility index (Phi) is 3.38. The predicted molar refractivity (Wildman–Crippen MR) is 58.2 cm³/mol. The highest BCUT2D eigenvalue weighted by Crippen LogP contribution is 2.23. The molecule has 1 aliphatic rings. The van der Waals surface area contributed by atoms with Crippen molar-refractivity contribution in [1.29, 1.82) is 5.41 Å². The van der Waals surface area contributed by atoms with Gasteiger partial charge in [-0.25, -0.2) is 4.98 Å². The average molecular weight is 263 g/mol. The second-order valence-electron chi connectivity index (χ2n) is 2.70. The summed E-state index contributed by atoms with van der Waals surface area (Å²) in [6.07, 6.45) is 1.13. The van der Waals surface area contributed by atoms with Crippen LogP contribution in [-0.4, -0.2) is 15.3 Å². The predicted octanol–water partition coefficient (Wildman–Crippen LogP) is 1.02. The Morgan fingerprint density at radius 3 is 3.15 bits per heavy atom. The third-order valence-electron chi connectivity index (χ3n) is 1.80. The fourth-order valence-electron chi connectivity index (χ4n) is 1.25. The first-order valence-electron chi connectivity index (χ1n) is 3.82. The number of thioether (sulfide) groups is 1. The van der Waals surface area contributed by atoms with E-state index in [4.69, 9.17) is 11.1 Å². The molecule has 0 unspecified atom stereocenters. The molecule has 1 aliphatic heterocycles. The lowest BCUT2D eigenvalue weighted by atomic mass is 10.4. The molecule has 6 heteroatoms. The minimum absolute atomic E-state index is 0. The molecule has 0 saturated heterocycles. The van der Waals surface area contributed by atoms with Crippen LogP contribution in [0, 0.1) is 5.41 Å². The number of aromatic nitrogens is 2. The van der Waals surface area contributed by atoms with Crippen molar-refractivity contribution in [2.75, 3.05) is 11.5 Å². The quantitative estimate of drug-likeness (QED) is 0.687. The van der Waals surface area contributed by atoms with Crippen LogP contribution in [0.3, 0.4) is 0 Å². The Hall–Kier alpha value is -0.490. The summed E-state index contributed by atoms with van der Waals surface area (Å²) >= 11 is 1.67. The van der Waals surface area contributed by atoms with Gasteiger partial charge in [-0.3, -0.25) is 5.41 Å². The van der Waals surface area contributed by atoms with Gasteiger partial charge in [-0.05, 0) is 6.42 Å². The van der Waals surface area contributed by atoms with Crippen molar-refractivity contribution in [3.63, 3.8) is 0 Å². The van der Waals surface area contributed by atoms with E-state index in [0.29, 0.717) is 5.82 Å². The maximum atomic E-state index is 7.36. The van der Waals surface area contributed by atoms with Gasteiger partial charge in [0.2, 0.25) is 0 Å². The summed E-state index contributed by atoms with van der Waals surface area (Å²) < 4.78 is 1.96. The molecule has 0 atom stereocenters. The lowest BCUT2D eigenvalue weighted by Gasteiger charge is -2.18. The molecule has 0 bridgehead atoms. The molecule has 0 aromatic carbocycles. The van der Waals surface area contributed by atoms with E-state index in [1.54, 1.807) is 17.8 Å². The normalized spacial score (nSPS) is 14.5. The summed E-state index contributed by atoms with van der Waals surface area (Å²) in [5.41, 5.74) is 5.99. The standard InChI is InChI=1S/C7H10N4S.BrH/c8-5-4-6(9)11-2-1-3-12-7(11)10-5;/h4,8H,1-3,9H2;1H. The highest BCUT2D eigenvalue weighted by molar-refractivity contribution is 8.93. The number of fused-ring (bicyclic) bond motifs is 1. The maximum Gasteiger partial charge on any atom is 0.171 e. The van der Waals surface area contributed by atoms with Gasteiger partial charge in [0.1, 0.15) is 5.82 Å². The molecule has 0 spiro atoms. The van der Waals surface area contributed by atoms with Crippen LogP contribution in [0.5, 0.6) is 0 Å². The molecule has 2 heterocycles. The van der Waals surface area contributed by atoms with Gasteiger partial charge in [0, 0.05) is 18.4 Å². The van der Waals surface area contributed by atoms with Crippen molar-refractivity contribution in [3.8, 4) is 0 Å². The van der Waals surface area contributed by atoms with Gasteiger partial charge >= 0.3 is 0 Å². The Morgan fingerprint density at radius 1 is 1.62 bits per heavy atom. The van der Waals surface area contributed by atoms with Crippen molar-refractivity contribution < 1.29 is 0 Å². The summed E-state index contributed by atoms with van der Waals surface area (Å²) in [7, 11) is 0. The van der Waals surface area contributed by atoms with E-state index in [0.717, 1.165) is 23.9 Å². The molecule has 3 N–H and O–H groups in total. The minimum Gasteiger partial charge on any atom is -0.385 e. The fraction of sp³-hybridized carbons (Fsp3) is 0.429. The van der Waals surface area contributed by atoms with Crippen LogP contribution in [0.15, 0.2) is 11.2 Å². The first kappa shape index (κ1) is 10.6. The number of rotatable bonds is 0. The minimum atomic E-state index is 0. The van der Waals surface area contributed by atoms with Gasteiger partial charge < -0.3 is 10.3 Å². The Labute approximate surface area is 90.8 Å². The number of anilines is 1. The third kappa shape index (κ3) is 2.05. The molecule has 72 valence electrons. The maximum absolute atomic E-state index is 7.36. The highest BCUT2D eigenvalue weighted by atomic mass is 79.9. The molecule has 1 aromatic heterocycles. The van der Waals surface area contributed by atoms with Crippen molar-refractivity contribution >= 4 is 34.6 Å². The van der Waals surface area contributed by atoms with E-state index in [2.05, 4.69) is 4.98 Å². The van der Waals surface area contributed by atoms with E-state index in [-0.39, 0.29) is 22.5 Å². The SMILES string of the molecule is Br.N=c1cc(N)n2c(n1)SCCC2. The Balaban J connectivity index is 0.000000845. The Bertz CT molecular complexity index is 362. The van der Waals surface area contributed by atoms with Gasteiger partial charge in [-0.1, -0.05) is 11.8 Å². The van der Waals surface area contributed by atoms with E-state index >= 15 is 0 Å². The second kappa shape index (κ2) is 4.15. The highest BCUT2D eigenvalue weighted by Gasteiger charge is 2.10. The monoisotopic (exact) mass is 262 g/mol. The average Bonchev–Trinajstić information content (AvgIpc) is 2.04. The molecule has 0 radical (unpaired) electrons. The molecule has 0 saturated carbocycles. The number of nitrogen functional groups attached to an aromatic ring is 1.